The third-order valence-corrected chi connectivity index (χ3v) is 3.65. The molecule has 112 valence electrons. The van der Waals surface area contributed by atoms with Crippen molar-refractivity contribution in [2.75, 3.05) is 5.32 Å². The molecule has 0 aliphatic rings. The average molecular weight is 306 g/mol. The zero-order valence-electron chi connectivity index (χ0n) is 11.2. The largest absolute Gasteiger partial charge is 0.446 e. The number of amides is 1. The number of thioether (sulfide) groups is 1. The molecule has 0 aliphatic carbocycles. The molecule has 0 aromatic heterocycles. The van der Waals surface area contributed by atoms with Gasteiger partial charge in [0.2, 0.25) is 5.91 Å². The molecule has 0 aliphatic heterocycles. The summed E-state index contributed by atoms with van der Waals surface area (Å²) in [5.41, 5.74) is 1.88. The van der Waals surface area contributed by atoms with E-state index in [0.29, 0.717) is 5.69 Å². The van der Waals surface area contributed by atoms with Crippen molar-refractivity contribution in [1.29, 1.82) is 0 Å². The van der Waals surface area contributed by atoms with Crippen LogP contribution in [0.2, 0.25) is 0 Å². The van der Waals surface area contributed by atoms with E-state index >= 15 is 0 Å². The van der Waals surface area contributed by atoms with E-state index in [1.165, 1.54) is 24.3 Å². The lowest BCUT2D eigenvalue weighted by molar-refractivity contribution is -0.118. The summed E-state index contributed by atoms with van der Waals surface area (Å²) in [6, 6.07) is 4.83. The van der Waals surface area contributed by atoms with E-state index in [1.54, 1.807) is 0 Å². The molecular weight excluding hydrogens is 289 g/mol. The first-order valence-electron chi connectivity index (χ1n) is 6.15. The van der Waals surface area contributed by atoms with Gasteiger partial charge in [0.25, 0.3) is 0 Å². The number of rotatable bonds is 5. The van der Waals surface area contributed by atoms with E-state index in [1.807, 2.05) is 13.8 Å². The van der Waals surface area contributed by atoms with Crippen molar-refractivity contribution in [2.24, 2.45) is 11.7 Å². The SMILES string of the molecule is CC[C@H](C)[C@H](N)C(=O)Nc1ccc(SC(F)(F)F)cc1. The number of nitrogens with one attached hydrogen (secondary N) is 1. The Labute approximate surface area is 120 Å². The molecule has 1 rings (SSSR count). The van der Waals surface area contributed by atoms with E-state index in [0.717, 1.165) is 6.42 Å². The lowest BCUT2D eigenvalue weighted by Crippen LogP contribution is -2.40. The topological polar surface area (TPSA) is 55.1 Å². The first-order valence-corrected chi connectivity index (χ1v) is 6.97. The van der Waals surface area contributed by atoms with Gasteiger partial charge in [-0.1, -0.05) is 20.3 Å². The molecule has 0 spiro atoms. The summed E-state index contributed by atoms with van der Waals surface area (Å²) in [5.74, 6) is -0.300. The zero-order chi connectivity index (χ0) is 15.3. The summed E-state index contributed by atoms with van der Waals surface area (Å²) in [6.45, 7) is 3.80. The van der Waals surface area contributed by atoms with Gasteiger partial charge in [-0.05, 0) is 41.9 Å². The van der Waals surface area contributed by atoms with Crippen molar-refractivity contribution in [3.05, 3.63) is 24.3 Å². The fraction of sp³-hybridized carbons (Fsp3) is 0.462. The number of carbonyl (C=O) groups is 1. The molecule has 0 radical (unpaired) electrons. The van der Waals surface area contributed by atoms with Crippen LogP contribution in [0, 0.1) is 5.92 Å². The van der Waals surface area contributed by atoms with Crippen LogP contribution >= 0.6 is 11.8 Å². The van der Waals surface area contributed by atoms with Crippen molar-refractivity contribution in [2.45, 2.75) is 36.7 Å². The van der Waals surface area contributed by atoms with Crippen LogP contribution in [0.3, 0.4) is 0 Å². The molecule has 0 fully saturated rings. The first kappa shape index (κ1) is 16.8. The fourth-order valence-electron chi connectivity index (χ4n) is 1.48. The van der Waals surface area contributed by atoms with Gasteiger partial charge in [0.15, 0.2) is 0 Å². The lowest BCUT2D eigenvalue weighted by Gasteiger charge is -2.17. The molecule has 3 nitrogen and oxygen atoms in total. The van der Waals surface area contributed by atoms with Gasteiger partial charge in [0.05, 0.1) is 6.04 Å². The highest BCUT2D eigenvalue weighted by atomic mass is 32.2. The molecule has 0 bridgehead atoms. The average Bonchev–Trinajstić information content (AvgIpc) is 2.37. The number of hydrogen-bond acceptors (Lipinski definition) is 3. The van der Waals surface area contributed by atoms with E-state index in [-0.39, 0.29) is 28.5 Å². The third kappa shape index (κ3) is 5.42. The maximum Gasteiger partial charge on any atom is 0.446 e. The summed E-state index contributed by atoms with van der Waals surface area (Å²) < 4.78 is 36.5. The Morgan fingerprint density at radius 3 is 2.35 bits per heavy atom. The summed E-state index contributed by atoms with van der Waals surface area (Å²) in [6.07, 6.45) is 0.774. The standard InChI is InChI=1S/C13H17F3N2OS/c1-3-8(2)11(17)12(19)18-9-4-6-10(7-5-9)20-13(14,15)16/h4-8,11H,3,17H2,1-2H3,(H,18,19)/t8-,11-/m0/s1. The zero-order valence-corrected chi connectivity index (χ0v) is 12.0. The Kier molecular flexibility index (Phi) is 5.88. The Morgan fingerprint density at radius 1 is 1.35 bits per heavy atom. The summed E-state index contributed by atoms with van der Waals surface area (Å²) >= 11 is -0.194. The van der Waals surface area contributed by atoms with Crippen molar-refractivity contribution < 1.29 is 18.0 Å². The Bertz CT molecular complexity index is 448. The summed E-state index contributed by atoms with van der Waals surface area (Å²) in [5, 5.41) is 2.59. The molecule has 2 atom stereocenters. The van der Waals surface area contributed by atoms with Crippen molar-refractivity contribution in [3.63, 3.8) is 0 Å². The van der Waals surface area contributed by atoms with Crippen molar-refractivity contribution in [3.8, 4) is 0 Å². The minimum absolute atomic E-state index is 0.0371. The van der Waals surface area contributed by atoms with Gasteiger partial charge in [-0.2, -0.15) is 13.2 Å². The highest BCUT2D eigenvalue weighted by Gasteiger charge is 2.29. The second-order valence-electron chi connectivity index (χ2n) is 4.47. The van der Waals surface area contributed by atoms with Gasteiger partial charge in [-0.3, -0.25) is 4.79 Å². The molecule has 0 unspecified atom stereocenters. The summed E-state index contributed by atoms with van der Waals surface area (Å²) in [4.78, 5) is 11.9. The molecule has 1 amide bonds. The first-order chi connectivity index (χ1) is 9.23. The van der Waals surface area contributed by atoms with Gasteiger partial charge in [-0.15, -0.1) is 0 Å². The van der Waals surface area contributed by atoms with E-state index in [2.05, 4.69) is 5.32 Å². The highest BCUT2D eigenvalue weighted by Crippen LogP contribution is 2.37. The van der Waals surface area contributed by atoms with Crippen LogP contribution in [-0.2, 0) is 4.79 Å². The van der Waals surface area contributed by atoms with Crippen molar-refractivity contribution >= 4 is 23.4 Å². The lowest BCUT2D eigenvalue weighted by atomic mass is 9.99. The van der Waals surface area contributed by atoms with E-state index in [4.69, 9.17) is 5.73 Å². The number of anilines is 1. The monoisotopic (exact) mass is 306 g/mol. The predicted molar refractivity (Wildman–Crippen MR) is 74.4 cm³/mol. The van der Waals surface area contributed by atoms with E-state index < -0.39 is 11.6 Å². The predicted octanol–water partition coefficient (Wildman–Crippen LogP) is 3.61. The van der Waals surface area contributed by atoms with Gasteiger partial charge in [0.1, 0.15) is 0 Å². The number of hydrogen-bond donors (Lipinski definition) is 2. The number of alkyl halides is 3. The van der Waals surface area contributed by atoms with Gasteiger partial charge in [-0.25, -0.2) is 0 Å². The molecule has 1 aromatic carbocycles. The van der Waals surface area contributed by atoms with Crippen LogP contribution in [0.15, 0.2) is 29.2 Å². The Morgan fingerprint density at radius 2 is 1.90 bits per heavy atom. The number of carbonyl (C=O) groups excluding carboxylic acids is 1. The van der Waals surface area contributed by atoms with Crippen LogP contribution in [-0.4, -0.2) is 17.5 Å². The van der Waals surface area contributed by atoms with Crippen LogP contribution in [0.25, 0.3) is 0 Å². The number of benzene rings is 1. The second kappa shape index (κ2) is 6.99. The minimum atomic E-state index is -4.32. The van der Waals surface area contributed by atoms with Crippen LogP contribution in [0.1, 0.15) is 20.3 Å². The molecular formula is C13H17F3N2OS. The summed E-state index contributed by atoms with van der Waals surface area (Å²) in [7, 11) is 0. The number of halogens is 3. The normalized spacial score (nSPS) is 14.7. The minimum Gasteiger partial charge on any atom is -0.325 e. The Hall–Kier alpha value is -1.21. The molecule has 0 saturated heterocycles. The quantitative estimate of drug-likeness (QED) is 0.817. The second-order valence-corrected chi connectivity index (χ2v) is 5.61. The molecule has 3 N–H and O–H groups in total. The van der Waals surface area contributed by atoms with Gasteiger partial charge in [0, 0.05) is 10.6 Å². The third-order valence-electron chi connectivity index (χ3n) is 2.92. The number of nitrogens with two attached hydrogens (primary N) is 1. The maximum absolute atomic E-state index is 12.2. The van der Waals surface area contributed by atoms with Gasteiger partial charge < -0.3 is 11.1 Å². The highest BCUT2D eigenvalue weighted by molar-refractivity contribution is 8.00. The van der Waals surface area contributed by atoms with Crippen molar-refractivity contribution in [1.82, 2.24) is 0 Å². The molecule has 0 saturated carbocycles. The molecule has 0 heterocycles. The molecule has 20 heavy (non-hydrogen) atoms. The van der Waals surface area contributed by atoms with E-state index in [9.17, 15) is 18.0 Å². The van der Waals surface area contributed by atoms with Crippen LogP contribution in [0.4, 0.5) is 18.9 Å². The van der Waals surface area contributed by atoms with Crippen LogP contribution < -0.4 is 11.1 Å². The Balaban J connectivity index is 2.64. The molecule has 7 heteroatoms. The molecule has 1 aromatic rings. The van der Waals surface area contributed by atoms with Crippen LogP contribution in [0.5, 0.6) is 0 Å². The fourth-order valence-corrected chi connectivity index (χ4v) is 2.02. The maximum atomic E-state index is 12.2. The smallest absolute Gasteiger partial charge is 0.325 e. The van der Waals surface area contributed by atoms with Gasteiger partial charge >= 0.3 is 5.51 Å².